The number of nitrogens with zero attached hydrogens (tertiary/aromatic N) is 3. The number of hydrogen-bond donors (Lipinski definition) is 2. The molecular weight excluding hydrogens is 358 g/mol. The molecule has 0 aliphatic carbocycles. The van der Waals surface area contributed by atoms with E-state index in [-0.39, 0.29) is 30.0 Å². The van der Waals surface area contributed by atoms with Gasteiger partial charge in [0.15, 0.2) is 0 Å². The highest BCUT2D eigenvalue weighted by Crippen LogP contribution is 2.28. The second-order valence-corrected chi connectivity index (χ2v) is 6.28. The summed E-state index contributed by atoms with van der Waals surface area (Å²) in [5.74, 6) is -0.114. The highest BCUT2D eigenvalue weighted by atomic mass is 35.5. The van der Waals surface area contributed by atoms with E-state index < -0.39 is 10.5 Å². The molecule has 0 radical (unpaired) electrons. The quantitative estimate of drug-likeness (QED) is 0.612. The monoisotopic (exact) mass is 379 g/mol. The number of amides is 1. The molecule has 26 heavy (non-hydrogen) atoms. The molecule has 9 heteroatoms. The van der Waals surface area contributed by atoms with Crippen LogP contribution in [-0.4, -0.2) is 33.7 Å². The van der Waals surface area contributed by atoms with E-state index in [0.717, 1.165) is 13.1 Å². The number of carbonyl (C=O) groups excluding carboxylic acids is 1. The second-order valence-electron chi connectivity index (χ2n) is 6.28. The Morgan fingerprint density at radius 1 is 1.38 bits per heavy atom. The molecule has 2 heterocycles. The number of rotatable bonds is 5. The van der Waals surface area contributed by atoms with Crippen molar-refractivity contribution >= 4 is 24.0 Å². The summed E-state index contributed by atoms with van der Waals surface area (Å²) in [4.78, 5) is 23.6. The molecule has 0 saturated carbocycles. The number of nitrogens with one attached hydrogen (secondary N) is 2. The minimum absolute atomic E-state index is 0. The number of hydrogen-bond acceptors (Lipinski definition) is 5. The summed E-state index contributed by atoms with van der Waals surface area (Å²) < 4.78 is 1.73. The number of non-ortho nitro benzene ring substituents is 1. The van der Waals surface area contributed by atoms with Crippen LogP contribution in [-0.2, 0) is 10.3 Å². The van der Waals surface area contributed by atoms with Gasteiger partial charge in [0, 0.05) is 24.5 Å². The van der Waals surface area contributed by atoms with Crippen LogP contribution in [0, 0.1) is 10.1 Å². The first-order valence-corrected chi connectivity index (χ1v) is 8.29. The van der Waals surface area contributed by atoms with Crippen LogP contribution in [0.5, 0.6) is 0 Å². The zero-order chi connectivity index (χ0) is 17.9. The maximum atomic E-state index is 13.1. The summed E-state index contributed by atoms with van der Waals surface area (Å²) in [7, 11) is 0. The second kappa shape index (κ2) is 8.29. The summed E-state index contributed by atoms with van der Waals surface area (Å²) in [5.41, 5.74) is -0.0154. The van der Waals surface area contributed by atoms with Crippen molar-refractivity contribution in [1.82, 2.24) is 20.4 Å². The molecular formula is C17H22ClN5O3. The van der Waals surface area contributed by atoms with Crippen LogP contribution in [0.25, 0.3) is 0 Å². The maximum absolute atomic E-state index is 13.1. The molecule has 1 aromatic carbocycles. The van der Waals surface area contributed by atoms with Crippen molar-refractivity contribution in [3.05, 3.63) is 58.4 Å². The topological polar surface area (TPSA) is 102 Å². The lowest BCUT2D eigenvalue weighted by Gasteiger charge is -2.37. The zero-order valence-corrected chi connectivity index (χ0v) is 15.2. The first-order valence-electron chi connectivity index (χ1n) is 8.29. The number of aromatic nitrogens is 2. The standard InChI is InChI=1S/C17H21N5O3.ClH/c1-13(14-4-2-5-15(12-14)22(24)25)20-16(23)17(6-9-18-10-7-17)21-11-3-8-19-21;/h2-5,8,11-13,18H,6-7,9-10H2,1H3,(H,20,23);1H. The van der Waals surface area contributed by atoms with Gasteiger partial charge in [-0.1, -0.05) is 12.1 Å². The SMILES string of the molecule is CC(NC(=O)C1(n2cccn2)CCNCC1)c1cccc([N+](=O)[O-])c1.Cl. The van der Waals surface area contributed by atoms with E-state index in [1.54, 1.807) is 29.1 Å². The molecule has 1 unspecified atom stereocenters. The molecule has 140 valence electrons. The summed E-state index contributed by atoms with van der Waals surface area (Å²) in [6.07, 6.45) is 4.76. The van der Waals surface area contributed by atoms with Crippen LogP contribution < -0.4 is 10.6 Å². The van der Waals surface area contributed by atoms with Crippen LogP contribution in [0.4, 0.5) is 5.69 Å². The van der Waals surface area contributed by atoms with Gasteiger partial charge in [0.2, 0.25) is 5.91 Å². The molecule has 1 amide bonds. The Labute approximate surface area is 157 Å². The lowest BCUT2D eigenvalue weighted by molar-refractivity contribution is -0.384. The van der Waals surface area contributed by atoms with Crippen molar-refractivity contribution < 1.29 is 9.72 Å². The Morgan fingerprint density at radius 3 is 2.73 bits per heavy atom. The predicted molar refractivity (Wildman–Crippen MR) is 99.2 cm³/mol. The van der Waals surface area contributed by atoms with Gasteiger partial charge >= 0.3 is 0 Å². The van der Waals surface area contributed by atoms with Crippen molar-refractivity contribution in [2.24, 2.45) is 0 Å². The fraction of sp³-hybridized carbons (Fsp3) is 0.412. The molecule has 1 aliphatic heterocycles. The first kappa shape index (κ1) is 19.9. The lowest BCUT2D eigenvalue weighted by Crippen LogP contribution is -2.55. The molecule has 1 aromatic heterocycles. The summed E-state index contributed by atoms with van der Waals surface area (Å²) in [5, 5.41) is 21.5. The third kappa shape index (κ3) is 3.86. The van der Waals surface area contributed by atoms with Crippen LogP contribution >= 0.6 is 12.4 Å². The van der Waals surface area contributed by atoms with Crippen molar-refractivity contribution in [2.75, 3.05) is 13.1 Å². The van der Waals surface area contributed by atoms with Gasteiger partial charge in [-0.25, -0.2) is 0 Å². The summed E-state index contributed by atoms with van der Waals surface area (Å²) >= 11 is 0. The van der Waals surface area contributed by atoms with E-state index in [0.29, 0.717) is 18.4 Å². The van der Waals surface area contributed by atoms with E-state index in [1.165, 1.54) is 12.1 Å². The predicted octanol–water partition coefficient (Wildman–Crippen LogP) is 2.17. The van der Waals surface area contributed by atoms with Gasteiger partial charge in [-0.3, -0.25) is 19.6 Å². The van der Waals surface area contributed by atoms with Crippen molar-refractivity contribution in [3.63, 3.8) is 0 Å². The average Bonchev–Trinajstić information content (AvgIpc) is 3.17. The number of piperidine rings is 1. The minimum atomic E-state index is -0.732. The van der Waals surface area contributed by atoms with Gasteiger partial charge in [0.25, 0.3) is 5.69 Å². The van der Waals surface area contributed by atoms with Gasteiger partial charge in [-0.05, 0) is 44.5 Å². The number of nitro groups is 1. The molecule has 3 rings (SSSR count). The van der Waals surface area contributed by atoms with Gasteiger partial charge in [-0.15, -0.1) is 12.4 Å². The highest BCUT2D eigenvalue weighted by Gasteiger charge is 2.42. The molecule has 0 spiro atoms. The van der Waals surface area contributed by atoms with Crippen molar-refractivity contribution in [2.45, 2.75) is 31.3 Å². The maximum Gasteiger partial charge on any atom is 0.269 e. The molecule has 8 nitrogen and oxygen atoms in total. The van der Waals surface area contributed by atoms with Gasteiger partial charge < -0.3 is 10.6 Å². The molecule has 1 aliphatic rings. The fourth-order valence-corrected chi connectivity index (χ4v) is 3.24. The molecule has 1 saturated heterocycles. The number of carbonyl (C=O) groups is 1. The largest absolute Gasteiger partial charge is 0.347 e. The normalized spacial score (nSPS) is 17.0. The Bertz CT molecular complexity index is 760. The van der Waals surface area contributed by atoms with E-state index in [2.05, 4.69) is 15.7 Å². The lowest BCUT2D eigenvalue weighted by atomic mass is 9.87. The number of nitro benzene ring substituents is 1. The Morgan fingerprint density at radius 2 is 2.12 bits per heavy atom. The van der Waals surface area contributed by atoms with Crippen LogP contribution in [0.2, 0.25) is 0 Å². The summed E-state index contributed by atoms with van der Waals surface area (Å²) in [6, 6.07) is 7.81. The number of halogens is 1. The van der Waals surface area contributed by atoms with E-state index in [4.69, 9.17) is 0 Å². The van der Waals surface area contributed by atoms with Crippen molar-refractivity contribution in [3.8, 4) is 0 Å². The molecule has 0 bridgehead atoms. The van der Waals surface area contributed by atoms with Crippen LogP contribution in [0.15, 0.2) is 42.7 Å². The third-order valence-electron chi connectivity index (χ3n) is 4.72. The molecule has 2 aromatic rings. The Hall–Kier alpha value is -2.45. The minimum Gasteiger partial charge on any atom is -0.347 e. The van der Waals surface area contributed by atoms with E-state index in [1.807, 2.05) is 13.1 Å². The van der Waals surface area contributed by atoms with Gasteiger partial charge in [0.05, 0.1) is 11.0 Å². The third-order valence-corrected chi connectivity index (χ3v) is 4.72. The average molecular weight is 380 g/mol. The molecule has 1 atom stereocenters. The molecule has 2 N–H and O–H groups in total. The van der Waals surface area contributed by atoms with Crippen LogP contribution in [0.3, 0.4) is 0 Å². The van der Waals surface area contributed by atoms with Gasteiger partial charge in [0.1, 0.15) is 5.54 Å². The first-order chi connectivity index (χ1) is 12.0. The van der Waals surface area contributed by atoms with E-state index >= 15 is 0 Å². The van der Waals surface area contributed by atoms with Crippen LogP contribution in [0.1, 0.15) is 31.4 Å². The Balaban J connectivity index is 0.00000243. The Kier molecular flexibility index (Phi) is 6.33. The van der Waals surface area contributed by atoms with E-state index in [9.17, 15) is 14.9 Å². The number of benzene rings is 1. The highest BCUT2D eigenvalue weighted by molar-refractivity contribution is 5.85. The van der Waals surface area contributed by atoms with Crippen molar-refractivity contribution in [1.29, 1.82) is 0 Å². The van der Waals surface area contributed by atoms with Gasteiger partial charge in [-0.2, -0.15) is 5.10 Å². The summed E-state index contributed by atoms with van der Waals surface area (Å²) in [6.45, 7) is 3.30. The fourth-order valence-electron chi connectivity index (χ4n) is 3.24. The zero-order valence-electron chi connectivity index (χ0n) is 14.4. The molecule has 1 fully saturated rings. The smallest absolute Gasteiger partial charge is 0.269 e.